The second-order valence-corrected chi connectivity index (χ2v) is 8.86. The van der Waals surface area contributed by atoms with E-state index < -0.39 is 0 Å². The van der Waals surface area contributed by atoms with Crippen LogP contribution in [-0.2, 0) is 0 Å². The van der Waals surface area contributed by atoms with Crippen molar-refractivity contribution >= 4 is 11.8 Å². The van der Waals surface area contributed by atoms with Gasteiger partial charge in [-0.05, 0) is 50.9 Å². The van der Waals surface area contributed by atoms with E-state index in [-0.39, 0.29) is 5.54 Å². The van der Waals surface area contributed by atoms with Crippen LogP contribution in [0.25, 0.3) is 0 Å². The zero-order chi connectivity index (χ0) is 13.3. The standard InChI is InChI=1S/C16H29NOS/c1-12-3-2-4-14(9-12)19-15-7-8-16(10-15,11-18)17-13-5-6-13/h12-15,17-18H,2-11H2,1H3. The van der Waals surface area contributed by atoms with Gasteiger partial charge in [0.2, 0.25) is 0 Å². The summed E-state index contributed by atoms with van der Waals surface area (Å²) in [4.78, 5) is 0. The fraction of sp³-hybridized carbons (Fsp3) is 1.00. The molecule has 0 amide bonds. The summed E-state index contributed by atoms with van der Waals surface area (Å²) in [6.45, 7) is 2.75. The van der Waals surface area contributed by atoms with Gasteiger partial charge in [0.1, 0.15) is 0 Å². The lowest BCUT2D eigenvalue weighted by atomic mass is 9.91. The van der Waals surface area contributed by atoms with E-state index in [1.807, 2.05) is 0 Å². The fourth-order valence-corrected chi connectivity index (χ4v) is 5.90. The van der Waals surface area contributed by atoms with E-state index in [9.17, 15) is 5.11 Å². The van der Waals surface area contributed by atoms with Gasteiger partial charge in [0.05, 0.1) is 6.61 Å². The zero-order valence-corrected chi connectivity index (χ0v) is 13.1. The molecule has 3 heteroatoms. The summed E-state index contributed by atoms with van der Waals surface area (Å²) in [7, 11) is 0. The predicted octanol–water partition coefficient (Wildman–Crippen LogP) is 3.33. The first kappa shape index (κ1) is 14.2. The Morgan fingerprint density at radius 2 is 2.00 bits per heavy atom. The van der Waals surface area contributed by atoms with Crippen molar-refractivity contribution in [2.24, 2.45) is 5.92 Å². The van der Waals surface area contributed by atoms with Gasteiger partial charge in [0.15, 0.2) is 0 Å². The third-order valence-corrected chi connectivity index (χ3v) is 6.83. The van der Waals surface area contributed by atoms with Gasteiger partial charge in [0, 0.05) is 22.1 Å². The molecule has 110 valence electrons. The Bertz CT molecular complexity index is 307. The van der Waals surface area contributed by atoms with E-state index in [1.165, 1.54) is 57.8 Å². The Kier molecular flexibility index (Phi) is 4.45. The minimum Gasteiger partial charge on any atom is -0.394 e. The van der Waals surface area contributed by atoms with Crippen molar-refractivity contribution in [3.05, 3.63) is 0 Å². The first-order valence-corrected chi connectivity index (χ1v) is 9.17. The molecule has 19 heavy (non-hydrogen) atoms. The zero-order valence-electron chi connectivity index (χ0n) is 12.2. The van der Waals surface area contributed by atoms with Crippen LogP contribution in [0.3, 0.4) is 0 Å². The number of thioether (sulfide) groups is 1. The molecule has 0 aliphatic heterocycles. The quantitative estimate of drug-likeness (QED) is 0.812. The van der Waals surface area contributed by atoms with Gasteiger partial charge in [-0.15, -0.1) is 0 Å². The highest BCUT2D eigenvalue weighted by Crippen LogP contribution is 2.43. The molecule has 2 N–H and O–H groups in total. The summed E-state index contributed by atoms with van der Waals surface area (Å²) in [5, 5.41) is 15.2. The van der Waals surface area contributed by atoms with Gasteiger partial charge in [-0.2, -0.15) is 11.8 Å². The molecule has 0 bridgehead atoms. The summed E-state index contributed by atoms with van der Waals surface area (Å²) in [6.07, 6.45) is 12.0. The smallest absolute Gasteiger partial charge is 0.0613 e. The molecule has 4 unspecified atom stereocenters. The van der Waals surface area contributed by atoms with E-state index in [4.69, 9.17) is 0 Å². The van der Waals surface area contributed by atoms with Gasteiger partial charge in [0.25, 0.3) is 0 Å². The highest BCUT2D eigenvalue weighted by molar-refractivity contribution is 8.00. The molecule has 3 aliphatic rings. The lowest BCUT2D eigenvalue weighted by Crippen LogP contribution is -2.47. The number of aliphatic hydroxyl groups is 1. The molecule has 0 spiro atoms. The number of rotatable bonds is 5. The molecular weight excluding hydrogens is 254 g/mol. The summed E-state index contributed by atoms with van der Waals surface area (Å²) in [6, 6.07) is 0.714. The molecule has 3 fully saturated rings. The number of aliphatic hydroxyl groups excluding tert-OH is 1. The summed E-state index contributed by atoms with van der Waals surface area (Å²) >= 11 is 2.25. The molecule has 0 radical (unpaired) electrons. The van der Waals surface area contributed by atoms with Crippen LogP contribution in [0.4, 0.5) is 0 Å². The van der Waals surface area contributed by atoms with Crippen LogP contribution in [0, 0.1) is 5.92 Å². The van der Waals surface area contributed by atoms with Crippen molar-refractivity contribution < 1.29 is 5.11 Å². The van der Waals surface area contributed by atoms with Crippen LogP contribution in [0.1, 0.15) is 64.7 Å². The SMILES string of the molecule is CC1CCCC(SC2CCC(CO)(NC3CC3)C2)C1. The highest BCUT2D eigenvalue weighted by atomic mass is 32.2. The molecule has 2 nitrogen and oxygen atoms in total. The Morgan fingerprint density at radius 1 is 1.16 bits per heavy atom. The van der Waals surface area contributed by atoms with Gasteiger partial charge in [-0.1, -0.05) is 19.8 Å². The number of hydrogen-bond donors (Lipinski definition) is 2. The molecule has 0 aromatic rings. The third kappa shape index (κ3) is 3.68. The molecule has 3 saturated carbocycles. The van der Waals surface area contributed by atoms with Crippen molar-refractivity contribution in [3.8, 4) is 0 Å². The molecule has 0 saturated heterocycles. The lowest BCUT2D eigenvalue weighted by molar-refractivity contribution is 0.163. The first-order valence-electron chi connectivity index (χ1n) is 8.23. The highest BCUT2D eigenvalue weighted by Gasteiger charge is 2.42. The Hall–Kier alpha value is 0.270. The van der Waals surface area contributed by atoms with E-state index >= 15 is 0 Å². The maximum atomic E-state index is 9.79. The first-order chi connectivity index (χ1) is 9.19. The van der Waals surface area contributed by atoms with Crippen LogP contribution in [0.15, 0.2) is 0 Å². The fourth-order valence-electron chi connectivity index (χ4n) is 3.95. The predicted molar refractivity (Wildman–Crippen MR) is 82.6 cm³/mol. The number of nitrogens with one attached hydrogen (secondary N) is 1. The van der Waals surface area contributed by atoms with Crippen LogP contribution >= 0.6 is 11.8 Å². The van der Waals surface area contributed by atoms with E-state index in [1.54, 1.807) is 0 Å². The Labute approximate surface area is 122 Å². The minimum absolute atomic E-state index is 0.0686. The van der Waals surface area contributed by atoms with Crippen molar-refractivity contribution in [2.45, 2.75) is 86.8 Å². The van der Waals surface area contributed by atoms with Crippen molar-refractivity contribution in [1.29, 1.82) is 0 Å². The maximum Gasteiger partial charge on any atom is 0.0613 e. The van der Waals surface area contributed by atoms with Crippen LogP contribution in [0.2, 0.25) is 0 Å². The van der Waals surface area contributed by atoms with E-state index in [2.05, 4.69) is 24.0 Å². The number of hydrogen-bond acceptors (Lipinski definition) is 3. The van der Waals surface area contributed by atoms with Crippen LogP contribution in [-0.4, -0.2) is 33.8 Å². The molecular formula is C16H29NOS. The average molecular weight is 283 g/mol. The Morgan fingerprint density at radius 3 is 2.68 bits per heavy atom. The summed E-state index contributed by atoms with van der Waals surface area (Å²) < 4.78 is 0. The molecule has 0 aromatic heterocycles. The van der Waals surface area contributed by atoms with Gasteiger partial charge >= 0.3 is 0 Å². The van der Waals surface area contributed by atoms with Gasteiger partial charge in [-0.25, -0.2) is 0 Å². The molecule has 3 rings (SSSR count). The third-order valence-electron chi connectivity index (χ3n) is 5.23. The lowest BCUT2D eigenvalue weighted by Gasteiger charge is -2.31. The summed E-state index contributed by atoms with van der Waals surface area (Å²) in [5.41, 5.74) is 0.0686. The molecule has 3 aliphatic carbocycles. The molecule has 0 heterocycles. The average Bonchev–Trinajstić information content (AvgIpc) is 3.11. The van der Waals surface area contributed by atoms with Gasteiger partial charge in [-0.3, -0.25) is 0 Å². The van der Waals surface area contributed by atoms with E-state index in [0.29, 0.717) is 12.6 Å². The van der Waals surface area contributed by atoms with Gasteiger partial charge < -0.3 is 10.4 Å². The van der Waals surface area contributed by atoms with E-state index in [0.717, 1.165) is 16.4 Å². The molecule has 0 aromatic carbocycles. The van der Waals surface area contributed by atoms with Crippen molar-refractivity contribution in [1.82, 2.24) is 5.32 Å². The Balaban J connectivity index is 1.49. The summed E-state index contributed by atoms with van der Waals surface area (Å²) in [5.74, 6) is 0.930. The molecule has 4 atom stereocenters. The second-order valence-electron chi connectivity index (χ2n) is 7.25. The van der Waals surface area contributed by atoms with Crippen LogP contribution in [0.5, 0.6) is 0 Å². The minimum atomic E-state index is 0.0686. The second kappa shape index (κ2) is 5.95. The van der Waals surface area contributed by atoms with Crippen LogP contribution < -0.4 is 5.32 Å². The topological polar surface area (TPSA) is 32.3 Å². The van der Waals surface area contributed by atoms with Crippen molar-refractivity contribution in [2.75, 3.05) is 6.61 Å². The van der Waals surface area contributed by atoms with Crippen molar-refractivity contribution in [3.63, 3.8) is 0 Å². The maximum absolute atomic E-state index is 9.79. The monoisotopic (exact) mass is 283 g/mol. The normalized spacial score (nSPS) is 43.6. The largest absolute Gasteiger partial charge is 0.394 e.